The highest BCUT2D eigenvalue weighted by molar-refractivity contribution is 7.99. The molecule has 2 rings (SSSR count). The molecule has 0 aliphatic heterocycles. The van der Waals surface area contributed by atoms with Gasteiger partial charge in [-0.3, -0.25) is 4.72 Å². The fourth-order valence-electron chi connectivity index (χ4n) is 1.43. The summed E-state index contributed by atoms with van der Waals surface area (Å²) in [5.74, 6) is -1.10. The number of H-pyrrole nitrogens is 1. The number of nitrogens with one attached hydrogen (secondary N) is 2. The summed E-state index contributed by atoms with van der Waals surface area (Å²) >= 11 is 0.514. The Labute approximate surface area is 123 Å². The minimum Gasteiger partial charge on any atom is -0.334 e. The molecule has 1 heterocycles. The van der Waals surface area contributed by atoms with Crippen molar-refractivity contribution in [1.29, 1.82) is 0 Å². The summed E-state index contributed by atoms with van der Waals surface area (Å²) in [6, 6.07) is 5.88. The highest BCUT2D eigenvalue weighted by atomic mass is 32.2. The van der Waals surface area contributed by atoms with Crippen molar-refractivity contribution < 1.29 is 21.6 Å². The fourth-order valence-corrected chi connectivity index (χ4v) is 3.24. The number of nitrogens with zero attached hydrogens (tertiary/aromatic N) is 1. The predicted molar refractivity (Wildman–Crippen MR) is 72.6 cm³/mol. The van der Waals surface area contributed by atoms with Crippen LogP contribution in [0.2, 0.25) is 0 Å². The molecule has 0 aliphatic rings. The molecule has 0 bridgehead atoms. The number of hydrogen-bond donors (Lipinski definition) is 2. The molecule has 0 saturated carbocycles. The van der Waals surface area contributed by atoms with Gasteiger partial charge in [-0.05, 0) is 12.1 Å². The van der Waals surface area contributed by atoms with Crippen molar-refractivity contribution in [1.82, 2.24) is 9.97 Å². The number of thioether (sulfide) groups is 1. The van der Waals surface area contributed by atoms with Crippen molar-refractivity contribution in [3.63, 3.8) is 0 Å². The van der Waals surface area contributed by atoms with Gasteiger partial charge in [0.15, 0.2) is 5.03 Å². The van der Waals surface area contributed by atoms with Crippen molar-refractivity contribution >= 4 is 27.5 Å². The molecule has 0 saturated heterocycles. The molecule has 21 heavy (non-hydrogen) atoms. The van der Waals surface area contributed by atoms with Crippen LogP contribution in [0.1, 0.15) is 0 Å². The topological polar surface area (TPSA) is 74.8 Å². The lowest BCUT2D eigenvalue weighted by Gasteiger charge is -2.12. The first-order chi connectivity index (χ1) is 9.78. The predicted octanol–water partition coefficient (Wildman–Crippen LogP) is 2.86. The lowest BCUT2D eigenvalue weighted by molar-refractivity contribution is -0.105. The Morgan fingerprint density at radius 2 is 2.00 bits per heavy atom. The molecule has 0 fully saturated rings. The summed E-state index contributed by atoms with van der Waals surface area (Å²) in [7, 11) is -3.91. The van der Waals surface area contributed by atoms with E-state index in [1.165, 1.54) is 30.6 Å². The molecule has 0 radical (unpaired) electrons. The van der Waals surface area contributed by atoms with Gasteiger partial charge in [-0.2, -0.15) is 21.6 Å². The van der Waals surface area contributed by atoms with Crippen molar-refractivity contribution in [2.75, 3.05) is 10.5 Å². The molecule has 10 heteroatoms. The average molecular weight is 337 g/mol. The summed E-state index contributed by atoms with van der Waals surface area (Å²) < 4.78 is 63.0. The minimum atomic E-state index is -4.33. The van der Waals surface area contributed by atoms with Crippen molar-refractivity contribution in [2.24, 2.45) is 0 Å². The first kappa shape index (κ1) is 15.7. The zero-order valence-corrected chi connectivity index (χ0v) is 12.0. The van der Waals surface area contributed by atoms with Crippen molar-refractivity contribution in [3.05, 3.63) is 36.8 Å². The summed E-state index contributed by atoms with van der Waals surface area (Å²) in [4.78, 5) is 6.21. The van der Waals surface area contributed by atoms with E-state index in [1.807, 2.05) is 0 Å². The van der Waals surface area contributed by atoms with E-state index in [0.717, 1.165) is 6.20 Å². The number of alkyl halides is 3. The Morgan fingerprint density at radius 3 is 2.62 bits per heavy atom. The number of imidazole rings is 1. The van der Waals surface area contributed by atoms with Gasteiger partial charge in [-0.1, -0.05) is 12.1 Å². The number of aromatic amines is 1. The quantitative estimate of drug-likeness (QED) is 0.823. The van der Waals surface area contributed by atoms with Gasteiger partial charge >= 0.3 is 6.18 Å². The van der Waals surface area contributed by atoms with Gasteiger partial charge < -0.3 is 4.98 Å². The van der Waals surface area contributed by atoms with E-state index >= 15 is 0 Å². The largest absolute Gasteiger partial charge is 0.398 e. The van der Waals surface area contributed by atoms with E-state index in [2.05, 4.69) is 14.7 Å². The number of aromatic nitrogens is 2. The lowest BCUT2D eigenvalue weighted by atomic mass is 10.3. The van der Waals surface area contributed by atoms with Crippen molar-refractivity contribution in [2.45, 2.75) is 16.1 Å². The van der Waals surface area contributed by atoms with Crippen LogP contribution in [-0.2, 0) is 10.0 Å². The van der Waals surface area contributed by atoms with Gasteiger partial charge in [0, 0.05) is 4.90 Å². The second kappa shape index (κ2) is 5.98. The molecule has 2 aromatic rings. The number of sulfonamides is 1. The smallest absolute Gasteiger partial charge is 0.334 e. The zero-order chi connectivity index (χ0) is 15.5. The molecule has 0 amide bonds. The lowest BCUT2D eigenvalue weighted by Crippen LogP contribution is -2.15. The third kappa shape index (κ3) is 4.39. The molecule has 0 aliphatic carbocycles. The molecule has 1 aromatic carbocycles. The van der Waals surface area contributed by atoms with Gasteiger partial charge in [0.25, 0.3) is 10.0 Å². The maximum atomic E-state index is 12.3. The van der Waals surface area contributed by atoms with Crippen LogP contribution < -0.4 is 4.72 Å². The highest BCUT2D eigenvalue weighted by Gasteiger charge is 2.28. The van der Waals surface area contributed by atoms with Crippen LogP contribution in [0.15, 0.2) is 46.7 Å². The molecule has 2 N–H and O–H groups in total. The Hall–Kier alpha value is -1.68. The molecule has 114 valence electrons. The first-order valence-corrected chi connectivity index (χ1v) is 8.04. The number of benzene rings is 1. The monoisotopic (exact) mass is 337 g/mol. The number of rotatable bonds is 5. The van der Waals surface area contributed by atoms with Gasteiger partial charge in [0.2, 0.25) is 0 Å². The molecule has 0 atom stereocenters. The first-order valence-electron chi connectivity index (χ1n) is 5.58. The van der Waals surface area contributed by atoms with E-state index in [1.54, 1.807) is 0 Å². The van der Waals surface area contributed by atoms with Gasteiger partial charge in [-0.25, -0.2) is 4.98 Å². The summed E-state index contributed by atoms with van der Waals surface area (Å²) in [6.45, 7) is 0. The average Bonchev–Trinajstić information content (AvgIpc) is 2.91. The minimum absolute atomic E-state index is 0.0846. The van der Waals surface area contributed by atoms with Crippen LogP contribution in [-0.4, -0.2) is 30.3 Å². The molecule has 5 nitrogen and oxygen atoms in total. The number of hydrogen-bond acceptors (Lipinski definition) is 4. The molecule has 1 aromatic heterocycles. The van der Waals surface area contributed by atoms with Gasteiger partial charge in [0.1, 0.15) is 0 Å². The van der Waals surface area contributed by atoms with E-state index < -0.39 is 22.0 Å². The Morgan fingerprint density at radius 1 is 1.29 bits per heavy atom. The Kier molecular flexibility index (Phi) is 4.47. The van der Waals surface area contributed by atoms with Crippen LogP contribution in [0, 0.1) is 0 Å². The van der Waals surface area contributed by atoms with Crippen LogP contribution in [0.25, 0.3) is 0 Å². The molecule has 0 spiro atoms. The maximum absolute atomic E-state index is 12.3. The summed E-state index contributed by atoms with van der Waals surface area (Å²) in [5.41, 5.74) is 0.0846. The second-order valence-electron chi connectivity index (χ2n) is 3.92. The molecular formula is C11H10F3N3O2S2. The van der Waals surface area contributed by atoms with Crippen molar-refractivity contribution in [3.8, 4) is 0 Å². The number of halogens is 3. The number of anilines is 1. The van der Waals surface area contributed by atoms with Crippen LogP contribution in [0.5, 0.6) is 0 Å². The Balaban J connectivity index is 2.21. The standard InChI is InChI=1S/C11H10F3N3O2S2/c12-11(13,14)6-20-9-4-2-1-3-8(9)17-21(18,19)10-5-15-7-16-10/h1-5,7,17H,6H2,(H,15,16). The van der Waals surface area contributed by atoms with Crippen LogP contribution in [0.4, 0.5) is 18.9 Å². The third-order valence-electron chi connectivity index (χ3n) is 2.29. The third-order valence-corrected chi connectivity index (χ3v) is 4.71. The van der Waals surface area contributed by atoms with E-state index in [0.29, 0.717) is 11.8 Å². The number of para-hydroxylation sites is 1. The second-order valence-corrected chi connectivity index (χ2v) is 6.59. The van der Waals surface area contributed by atoms with E-state index in [9.17, 15) is 21.6 Å². The maximum Gasteiger partial charge on any atom is 0.398 e. The normalized spacial score (nSPS) is 12.3. The fraction of sp³-hybridized carbons (Fsp3) is 0.182. The highest BCUT2D eigenvalue weighted by Crippen LogP contribution is 2.32. The molecule has 0 unspecified atom stereocenters. The van der Waals surface area contributed by atoms with Crippen LogP contribution >= 0.6 is 11.8 Å². The van der Waals surface area contributed by atoms with Gasteiger partial charge in [-0.15, -0.1) is 11.8 Å². The molecular weight excluding hydrogens is 327 g/mol. The zero-order valence-electron chi connectivity index (χ0n) is 10.4. The van der Waals surface area contributed by atoms with E-state index in [-0.39, 0.29) is 15.6 Å². The summed E-state index contributed by atoms with van der Waals surface area (Å²) in [6.07, 6.45) is -2.04. The van der Waals surface area contributed by atoms with Gasteiger partial charge in [0.05, 0.1) is 24.0 Å². The van der Waals surface area contributed by atoms with E-state index in [4.69, 9.17) is 0 Å². The van der Waals surface area contributed by atoms with Crippen LogP contribution in [0.3, 0.4) is 0 Å². The SMILES string of the molecule is O=S(=O)(Nc1ccccc1SCC(F)(F)F)c1cnc[nH]1. The Bertz CT molecular complexity index is 700. The summed E-state index contributed by atoms with van der Waals surface area (Å²) in [5, 5.41) is -0.168.